The molecule has 0 unspecified atom stereocenters. The van der Waals surface area contributed by atoms with Crippen LogP contribution in [0, 0.1) is 0 Å². The topological polar surface area (TPSA) is 117 Å². The van der Waals surface area contributed by atoms with Crippen LogP contribution < -0.4 is 5.32 Å². The number of alkyl halides is 3. The molecule has 11 heteroatoms. The highest BCUT2D eigenvalue weighted by atomic mass is 35.6. The van der Waals surface area contributed by atoms with Crippen molar-refractivity contribution in [2.24, 2.45) is 0 Å². The number of carbonyl (C=O) groups is 1. The number of hydrogen-bond donors (Lipinski definition) is 4. The van der Waals surface area contributed by atoms with Gasteiger partial charge in [0.05, 0.1) is 13.2 Å². The van der Waals surface area contributed by atoms with Crippen molar-refractivity contribution in [3.63, 3.8) is 0 Å². The Bertz CT molecular complexity index is 407. The van der Waals surface area contributed by atoms with E-state index in [9.17, 15) is 15.0 Å². The zero-order valence-electron chi connectivity index (χ0n) is 11.9. The molecule has 0 aromatic rings. The van der Waals surface area contributed by atoms with E-state index in [2.05, 4.69) is 16.6 Å². The normalized spacial score (nSPS) is 31.5. The minimum absolute atomic E-state index is 0.0486. The molecule has 5 atom stereocenters. The highest BCUT2D eigenvalue weighted by Gasteiger charge is 2.45. The number of alkyl carbamates (subject to hydrolysis) is 1. The largest absolute Gasteiger partial charge is 0.445 e. The second-order valence-electron chi connectivity index (χ2n) is 4.69. The summed E-state index contributed by atoms with van der Waals surface area (Å²) in [5, 5.41) is 31.3. The predicted octanol–water partition coefficient (Wildman–Crippen LogP) is 0.0930. The summed E-state index contributed by atoms with van der Waals surface area (Å²) in [6.45, 7) is 2.45. The van der Waals surface area contributed by atoms with Crippen LogP contribution in [0.15, 0.2) is 12.7 Å². The minimum Gasteiger partial charge on any atom is -0.445 e. The molecule has 1 rings (SSSR count). The number of amides is 1. The van der Waals surface area contributed by atoms with Crippen LogP contribution in [0.3, 0.4) is 0 Å². The zero-order chi connectivity index (χ0) is 17.6. The summed E-state index contributed by atoms with van der Waals surface area (Å²) in [5.74, 6) is 0. The van der Waals surface area contributed by atoms with Crippen LogP contribution in [0.5, 0.6) is 0 Å². The summed E-state index contributed by atoms with van der Waals surface area (Å²) >= 11 is 16.4. The molecule has 1 saturated heterocycles. The molecule has 1 aliphatic heterocycles. The predicted molar refractivity (Wildman–Crippen MR) is 82.5 cm³/mol. The second kappa shape index (κ2) is 9.24. The lowest BCUT2D eigenvalue weighted by Crippen LogP contribution is -2.64. The molecule has 0 aromatic carbocycles. The highest BCUT2D eigenvalue weighted by Crippen LogP contribution is 2.26. The summed E-state index contributed by atoms with van der Waals surface area (Å²) < 4.78 is 13.5. The Morgan fingerprint density at radius 1 is 1.35 bits per heavy atom. The number of rotatable bonds is 6. The van der Waals surface area contributed by atoms with Crippen LogP contribution in [0.1, 0.15) is 0 Å². The van der Waals surface area contributed by atoms with Gasteiger partial charge in [-0.1, -0.05) is 40.9 Å². The smallest absolute Gasteiger partial charge is 0.407 e. The highest BCUT2D eigenvalue weighted by molar-refractivity contribution is 6.67. The lowest BCUT2D eigenvalue weighted by molar-refractivity contribution is -0.266. The van der Waals surface area contributed by atoms with Crippen molar-refractivity contribution in [3.05, 3.63) is 12.7 Å². The summed E-state index contributed by atoms with van der Waals surface area (Å²) in [6.07, 6.45) is -4.73. The molecule has 134 valence electrons. The molecule has 0 aromatic heterocycles. The van der Waals surface area contributed by atoms with Crippen molar-refractivity contribution in [1.82, 2.24) is 5.32 Å². The Labute approximate surface area is 147 Å². The van der Waals surface area contributed by atoms with Gasteiger partial charge in [-0.25, -0.2) is 4.79 Å². The van der Waals surface area contributed by atoms with Gasteiger partial charge in [-0.05, 0) is 0 Å². The lowest BCUT2D eigenvalue weighted by atomic mass is 9.97. The standard InChI is InChI=1S/C12H18Cl3NO7/c1-2-3-21-10-7(9(19)8(18)6(4-17)23-10)16-11(20)22-5-12(13,14)15/h2,6-10,17-19H,1,3-5H2,(H,16,20)/t6-,7-,8-,9-,10+/m1/s1. The Morgan fingerprint density at radius 3 is 2.52 bits per heavy atom. The number of aliphatic hydroxyl groups excluding tert-OH is 3. The monoisotopic (exact) mass is 393 g/mol. The molecule has 0 bridgehead atoms. The van der Waals surface area contributed by atoms with Crippen LogP contribution in [0.25, 0.3) is 0 Å². The van der Waals surface area contributed by atoms with Gasteiger partial charge in [-0.15, -0.1) is 6.58 Å². The average Bonchev–Trinajstić information content (AvgIpc) is 2.48. The number of carbonyl (C=O) groups excluding carboxylic acids is 1. The summed E-state index contributed by atoms with van der Waals surface area (Å²) in [5.41, 5.74) is 0. The van der Waals surface area contributed by atoms with E-state index < -0.39 is 53.7 Å². The van der Waals surface area contributed by atoms with Crippen LogP contribution in [0.2, 0.25) is 0 Å². The summed E-state index contributed by atoms with van der Waals surface area (Å²) in [7, 11) is 0. The molecule has 1 amide bonds. The number of halogens is 3. The van der Waals surface area contributed by atoms with Gasteiger partial charge in [-0.2, -0.15) is 0 Å². The van der Waals surface area contributed by atoms with Gasteiger partial charge in [0, 0.05) is 0 Å². The average molecular weight is 395 g/mol. The van der Waals surface area contributed by atoms with Crippen molar-refractivity contribution in [2.75, 3.05) is 19.8 Å². The summed E-state index contributed by atoms with van der Waals surface area (Å²) in [4.78, 5) is 11.7. The van der Waals surface area contributed by atoms with Gasteiger partial charge < -0.3 is 34.8 Å². The van der Waals surface area contributed by atoms with Gasteiger partial charge in [0.15, 0.2) is 6.29 Å². The van der Waals surface area contributed by atoms with Crippen LogP contribution in [-0.4, -0.2) is 75.7 Å². The maximum atomic E-state index is 11.7. The second-order valence-corrected chi connectivity index (χ2v) is 7.21. The van der Waals surface area contributed by atoms with E-state index in [0.717, 1.165) is 0 Å². The first-order chi connectivity index (χ1) is 10.7. The van der Waals surface area contributed by atoms with Crippen LogP contribution in [0.4, 0.5) is 4.79 Å². The Morgan fingerprint density at radius 2 is 2.00 bits per heavy atom. The third-order valence-corrected chi connectivity index (χ3v) is 3.24. The molecular formula is C12H18Cl3NO7. The van der Waals surface area contributed by atoms with E-state index in [1.165, 1.54) is 6.08 Å². The fourth-order valence-electron chi connectivity index (χ4n) is 1.87. The Hall–Kier alpha value is -0.320. The van der Waals surface area contributed by atoms with Crippen molar-refractivity contribution < 1.29 is 34.3 Å². The number of aliphatic hydroxyl groups is 3. The third-order valence-electron chi connectivity index (χ3n) is 2.91. The SMILES string of the molecule is C=CCO[C@H]1O[C@H](CO)[C@@H](O)[C@H](O)[C@H]1NC(=O)OCC(Cl)(Cl)Cl. The van der Waals surface area contributed by atoms with Gasteiger partial charge in [0.1, 0.15) is 31.0 Å². The van der Waals surface area contributed by atoms with Gasteiger partial charge in [-0.3, -0.25) is 0 Å². The molecule has 0 saturated carbocycles. The zero-order valence-corrected chi connectivity index (χ0v) is 14.2. The van der Waals surface area contributed by atoms with E-state index >= 15 is 0 Å². The number of nitrogens with one attached hydrogen (secondary N) is 1. The first-order valence-corrected chi connectivity index (χ1v) is 7.68. The molecule has 1 fully saturated rings. The van der Waals surface area contributed by atoms with Crippen LogP contribution >= 0.6 is 34.8 Å². The van der Waals surface area contributed by atoms with E-state index in [0.29, 0.717) is 0 Å². The van der Waals surface area contributed by atoms with Crippen LogP contribution in [-0.2, 0) is 14.2 Å². The molecule has 4 N–H and O–H groups in total. The molecule has 0 spiro atoms. The Balaban J connectivity index is 2.73. The fraction of sp³-hybridized carbons (Fsp3) is 0.750. The molecule has 1 aliphatic rings. The van der Waals surface area contributed by atoms with Gasteiger partial charge in [0.25, 0.3) is 0 Å². The van der Waals surface area contributed by atoms with Crippen molar-refractivity contribution in [1.29, 1.82) is 0 Å². The van der Waals surface area contributed by atoms with E-state index in [1.807, 2.05) is 0 Å². The molecule has 0 radical (unpaired) electrons. The molecule has 23 heavy (non-hydrogen) atoms. The number of hydrogen-bond acceptors (Lipinski definition) is 7. The van der Waals surface area contributed by atoms with E-state index in [-0.39, 0.29) is 6.61 Å². The molecule has 1 heterocycles. The van der Waals surface area contributed by atoms with Crippen molar-refractivity contribution >= 4 is 40.9 Å². The van der Waals surface area contributed by atoms with Crippen molar-refractivity contribution in [3.8, 4) is 0 Å². The van der Waals surface area contributed by atoms with E-state index in [4.69, 9.17) is 49.4 Å². The molecular weight excluding hydrogens is 376 g/mol. The van der Waals surface area contributed by atoms with Crippen molar-refractivity contribution in [2.45, 2.75) is 34.4 Å². The van der Waals surface area contributed by atoms with Gasteiger partial charge >= 0.3 is 6.09 Å². The van der Waals surface area contributed by atoms with E-state index in [1.54, 1.807) is 0 Å². The summed E-state index contributed by atoms with van der Waals surface area (Å²) in [6, 6.07) is -1.17. The lowest BCUT2D eigenvalue weighted by Gasteiger charge is -2.41. The Kier molecular flexibility index (Phi) is 8.32. The fourth-order valence-corrected chi connectivity index (χ4v) is 2.03. The first-order valence-electron chi connectivity index (χ1n) is 6.54. The minimum atomic E-state index is -1.79. The van der Waals surface area contributed by atoms with Gasteiger partial charge in [0.2, 0.25) is 3.79 Å². The third kappa shape index (κ3) is 6.60. The maximum absolute atomic E-state index is 11.7. The molecule has 8 nitrogen and oxygen atoms in total. The number of ether oxygens (including phenoxy) is 3. The molecule has 0 aliphatic carbocycles. The quantitative estimate of drug-likeness (QED) is 0.372. The first kappa shape index (κ1) is 20.7. The maximum Gasteiger partial charge on any atom is 0.407 e.